The average molecular weight is 575 g/mol. The Morgan fingerprint density at radius 3 is 2.79 bits per heavy atom. The van der Waals surface area contributed by atoms with Gasteiger partial charge in [0.25, 0.3) is 5.56 Å². The second-order valence-corrected chi connectivity index (χ2v) is 11.3. The minimum atomic E-state index is -4.16. The van der Waals surface area contributed by atoms with Crippen LogP contribution in [0.4, 0.5) is 10.2 Å². The van der Waals surface area contributed by atoms with Crippen LogP contribution < -0.4 is 17.0 Å². The minimum absolute atomic E-state index is 0.129. The first-order valence-electron chi connectivity index (χ1n) is 11.2. The van der Waals surface area contributed by atoms with Crippen LogP contribution in [0, 0.1) is 0 Å². The van der Waals surface area contributed by atoms with Gasteiger partial charge in [0, 0.05) is 18.7 Å². The average Bonchev–Trinajstić information content (AvgIpc) is 3.54. The molecule has 0 aliphatic carbocycles. The summed E-state index contributed by atoms with van der Waals surface area (Å²) in [7, 11) is 0. The number of fused-ring (bicyclic) bond motifs is 1. The molecule has 5 heterocycles. The van der Waals surface area contributed by atoms with E-state index in [4.69, 9.17) is 36.1 Å². The molecule has 0 saturated carbocycles. The Bertz CT molecular complexity index is 1490. The number of nitrogens with one attached hydrogen (secondary N) is 1. The maximum Gasteiger partial charge on any atom is 0.330 e. The summed E-state index contributed by atoms with van der Waals surface area (Å²) < 4.78 is 39.5. The van der Waals surface area contributed by atoms with E-state index in [1.807, 2.05) is 4.98 Å². The molecule has 0 bridgehead atoms. The number of aromatic amines is 1. The molecule has 0 amide bonds. The largest absolute Gasteiger partial charge is 0.394 e. The fourth-order valence-electron chi connectivity index (χ4n) is 4.29. The molecule has 19 heteroatoms. The monoisotopic (exact) mass is 575 g/mol. The molecule has 2 fully saturated rings. The summed E-state index contributed by atoms with van der Waals surface area (Å²) in [5.74, 6) is 0.182. The predicted octanol–water partition coefficient (Wildman–Crippen LogP) is -1.55. The molecule has 3 aromatic rings. The number of nitrogen functional groups attached to an aromatic ring is 1. The van der Waals surface area contributed by atoms with Crippen LogP contribution in [0.3, 0.4) is 0 Å². The number of nitrogens with zero attached hydrogens (tertiary/aromatic N) is 5. The number of hydrogen-bond acceptors (Lipinski definition) is 13. The topological polar surface area (TPSA) is 222 Å². The number of nitrogens with two attached hydrogens (primary N) is 1. The van der Waals surface area contributed by atoms with E-state index in [1.54, 1.807) is 4.57 Å². The fraction of sp³-hybridized carbons (Fsp3) is 0.526. The third kappa shape index (κ3) is 5.14. The van der Waals surface area contributed by atoms with Crippen molar-refractivity contribution in [3.8, 4) is 0 Å². The number of imidazole rings is 1. The van der Waals surface area contributed by atoms with E-state index < -0.39 is 74.2 Å². The summed E-state index contributed by atoms with van der Waals surface area (Å²) in [6, 6.07) is 0.994. The number of halogens is 1. The van der Waals surface area contributed by atoms with Crippen molar-refractivity contribution in [2.75, 3.05) is 18.9 Å². The number of aliphatic hydroxyl groups is 2. The Labute approximate surface area is 217 Å². The zero-order valence-electron chi connectivity index (χ0n) is 19.3. The minimum Gasteiger partial charge on any atom is -0.394 e. The van der Waals surface area contributed by atoms with Gasteiger partial charge in [-0.3, -0.25) is 23.4 Å². The summed E-state index contributed by atoms with van der Waals surface area (Å²) in [5.41, 5.74) is 4.93. The Morgan fingerprint density at radius 1 is 1.26 bits per heavy atom. The number of alkyl halides is 1. The Kier molecular flexibility index (Phi) is 7.42. The first kappa shape index (κ1) is 26.9. The number of ether oxygens (including phenoxy) is 2. The van der Waals surface area contributed by atoms with E-state index in [9.17, 15) is 24.7 Å². The fourth-order valence-corrected chi connectivity index (χ4v) is 5.72. The molecule has 206 valence electrons. The molecule has 6 N–H and O–H groups in total. The van der Waals surface area contributed by atoms with Crippen molar-refractivity contribution in [1.29, 1.82) is 0 Å². The van der Waals surface area contributed by atoms with E-state index >= 15 is 4.39 Å². The molecule has 0 radical (unpaired) electrons. The van der Waals surface area contributed by atoms with Crippen molar-refractivity contribution in [3.63, 3.8) is 0 Å². The highest BCUT2D eigenvalue weighted by atomic mass is 32.5. The third-order valence-electron chi connectivity index (χ3n) is 6.13. The zero-order chi connectivity index (χ0) is 27.2. The maximum atomic E-state index is 15.3. The molecular weight excluding hydrogens is 552 g/mol. The number of aromatic nitrogens is 6. The van der Waals surface area contributed by atoms with Gasteiger partial charge >= 0.3 is 12.4 Å². The Morgan fingerprint density at radius 2 is 2.05 bits per heavy atom. The van der Waals surface area contributed by atoms with Crippen LogP contribution in [0.5, 0.6) is 0 Å². The van der Waals surface area contributed by atoms with Gasteiger partial charge in [-0.15, -0.1) is 0 Å². The summed E-state index contributed by atoms with van der Waals surface area (Å²) in [5, 5.41) is 20.1. The molecule has 2 aliphatic rings. The number of anilines is 1. The van der Waals surface area contributed by atoms with Crippen LogP contribution in [0.15, 0.2) is 34.5 Å². The molecule has 8 atom stereocenters. The quantitative estimate of drug-likeness (QED) is 0.192. The van der Waals surface area contributed by atoms with Gasteiger partial charge in [0.05, 0.1) is 25.6 Å². The molecule has 4 unspecified atom stereocenters. The van der Waals surface area contributed by atoms with E-state index in [1.165, 1.54) is 12.7 Å². The molecule has 16 nitrogen and oxygen atoms in total. The van der Waals surface area contributed by atoms with Gasteiger partial charge in [-0.1, -0.05) is 0 Å². The molecule has 0 aromatic carbocycles. The summed E-state index contributed by atoms with van der Waals surface area (Å²) >= 11 is 5.01. The lowest BCUT2D eigenvalue weighted by molar-refractivity contribution is -0.0528. The number of aliphatic hydroxyl groups excluding tert-OH is 2. The van der Waals surface area contributed by atoms with E-state index in [2.05, 4.69) is 15.0 Å². The van der Waals surface area contributed by atoms with Crippen LogP contribution in [-0.2, 0) is 30.3 Å². The Balaban J connectivity index is 1.24. The normalized spacial score (nSPS) is 31.1. The van der Waals surface area contributed by atoms with E-state index in [-0.39, 0.29) is 12.2 Å². The molecular formula is C19H23FN7O9PS. The van der Waals surface area contributed by atoms with Crippen LogP contribution in [0.2, 0.25) is 0 Å². The van der Waals surface area contributed by atoms with Gasteiger partial charge in [0.15, 0.2) is 23.9 Å². The molecule has 2 saturated heterocycles. The first-order valence-corrected chi connectivity index (χ1v) is 13.8. The van der Waals surface area contributed by atoms with Gasteiger partial charge in [-0.05, 0) is 11.8 Å². The first-order chi connectivity index (χ1) is 18.1. The molecule has 3 aromatic heterocycles. The van der Waals surface area contributed by atoms with Gasteiger partial charge < -0.3 is 34.8 Å². The van der Waals surface area contributed by atoms with Crippen molar-refractivity contribution in [3.05, 3.63) is 45.8 Å². The van der Waals surface area contributed by atoms with Crippen molar-refractivity contribution < 1.29 is 38.0 Å². The second-order valence-electron chi connectivity index (χ2n) is 8.56. The van der Waals surface area contributed by atoms with E-state index in [0.29, 0.717) is 11.2 Å². The van der Waals surface area contributed by atoms with Crippen LogP contribution in [-0.4, -0.2) is 88.0 Å². The molecule has 38 heavy (non-hydrogen) atoms. The van der Waals surface area contributed by atoms with Crippen molar-refractivity contribution in [1.82, 2.24) is 29.1 Å². The SMILES string of the molecule is Nc1ncnc2c1ncn2[C@H]1CC(O)[C@@H](COP(O)(=S)OC2C(F)[C@H](n3ccc(=O)[nH]c3=O)O[C@@H]2CO)O1. The highest BCUT2D eigenvalue weighted by Gasteiger charge is 2.49. The summed E-state index contributed by atoms with van der Waals surface area (Å²) in [6.07, 6.45) is -5.37. The summed E-state index contributed by atoms with van der Waals surface area (Å²) in [4.78, 5) is 48.1. The van der Waals surface area contributed by atoms with Crippen molar-refractivity contribution in [2.24, 2.45) is 0 Å². The number of hydrogen-bond donors (Lipinski definition) is 5. The third-order valence-corrected chi connectivity index (χ3v) is 7.69. The molecule has 2 aliphatic heterocycles. The smallest absolute Gasteiger partial charge is 0.330 e. The predicted molar refractivity (Wildman–Crippen MR) is 129 cm³/mol. The van der Waals surface area contributed by atoms with Crippen LogP contribution in [0.1, 0.15) is 18.9 Å². The maximum absolute atomic E-state index is 15.3. The highest BCUT2D eigenvalue weighted by Crippen LogP contribution is 2.50. The second kappa shape index (κ2) is 10.5. The number of H-pyrrole nitrogens is 1. The van der Waals surface area contributed by atoms with Gasteiger partial charge in [-0.25, -0.2) is 24.1 Å². The summed E-state index contributed by atoms with van der Waals surface area (Å²) in [6.45, 7) is -5.30. The van der Waals surface area contributed by atoms with Crippen LogP contribution >= 0.6 is 6.72 Å². The van der Waals surface area contributed by atoms with Gasteiger partial charge in [0.2, 0.25) is 0 Å². The molecule has 0 spiro atoms. The lowest BCUT2D eigenvalue weighted by Gasteiger charge is -2.25. The standard InChI is InChI=1S/C19H23FN7O9PS/c20-13-15(9(4-28)35-18(13)26-2-1-11(30)25-19(26)31)36-37(32,38)33-5-10-8(29)3-12(34-10)27-7-24-14-16(21)22-6-23-17(14)27/h1-2,6-10,12-13,15,18,28-29H,3-5H2,(H,32,38)(H2,21,22,23)(H,25,30,31)/t8?,9-,10-,12-,13?,15?,18-,37?/m1/s1. The van der Waals surface area contributed by atoms with Crippen molar-refractivity contribution >= 4 is 35.5 Å². The lowest BCUT2D eigenvalue weighted by Crippen LogP contribution is -2.36. The zero-order valence-corrected chi connectivity index (χ0v) is 21.0. The van der Waals surface area contributed by atoms with Gasteiger partial charge in [0.1, 0.15) is 36.4 Å². The van der Waals surface area contributed by atoms with Crippen LogP contribution in [0.25, 0.3) is 11.2 Å². The van der Waals surface area contributed by atoms with Crippen molar-refractivity contribution in [2.45, 2.75) is 49.5 Å². The number of rotatable bonds is 8. The lowest BCUT2D eigenvalue weighted by atomic mass is 10.1. The Hall–Kier alpha value is -2.67. The molecule has 5 rings (SSSR count). The van der Waals surface area contributed by atoms with Gasteiger partial charge in [-0.2, -0.15) is 0 Å². The highest BCUT2D eigenvalue weighted by molar-refractivity contribution is 8.07. The van der Waals surface area contributed by atoms with E-state index in [0.717, 1.165) is 16.8 Å².